The van der Waals surface area contributed by atoms with E-state index in [1.807, 2.05) is 53.9 Å². The summed E-state index contributed by atoms with van der Waals surface area (Å²) < 4.78 is 17.3. The van der Waals surface area contributed by atoms with Crippen molar-refractivity contribution in [2.75, 3.05) is 13.2 Å². The zero-order valence-corrected chi connectivity index (χ0v) is 34.9. The number of aromatic amines is 2. The maximum atomic E-state index is 11.8. The largest absolute Gasteiger partial charge is 0.494 e. The molecule has 8 heterocycles. The number of aromatic nitrogens is 7. The van der Waals surface area contributed by atoms with Gasteiger partial charge >= 0.3 is 5.97 Å². The highest BCUT2D eigenvalue weighted by Gasteiger charge is 2.20. The second-order valence-corrected chi connectivity index (χ2v) is 15.4. The van der Waals surface area contributed by atoms with Crippen molar-refractivity contribution in [3.05, 3.63) is 145 Å². The van der Waals surface area contributed by atoms with Gasteiger partial charge in [0.1, 0.15) is 26.9 Å². The minimum absolute atomic E-state index is 0.167. The number of hydrogen-bond acceptors (Lipinski definition) is 5. The summed E-state index contributed by atoms with van der Waals surface area (Å²) in [5.74, 6) is 0.602. The highest BCUT2D eigenvalue weighted by atomic mass is 16.5. The van der Waals surface area contributed by atoms with Crippen LogP contribution in [0.5, 0.6) is 5.75 Å². The molecule has 6 aromatic heterocycles. The molecule has 9 rings (SSSR count). The van der Waals surface area contributed by atoms with E-state index in [1.54, 1.807) is 0 Å². The molecule has 10 nitrogen and oxygen atoms in total. The number of carbonyl (C=O) groups is 1. The molecule has 0 amide bonds. The van der Waals surface area contributed by atoms with Crippen LogP contribution in [-0.4, -0.2) is 39.1 Å². The van der Waals surface area contributed by atoms with Crippen LogP contribution in [0.4, 0.5) is 0 Å². The number of pyridine rings is 3. The van der Waals surface area contributed by atoms with E-state index >= 15 is 0 Å². The fourth-order valence-electron chi connectivity index (χ4n) is 7.94. The van der Waals surface area contributed by atoms with Crippen LogP contribution in [0.25, 0.3) is 90.9 Å². The summed E-state index contributed by atoms with van der Waals surface area (Å²) in [6, 6.07) is 29.6. The number of benzene rings is 1. The van der Waals surface area contributed by atoms with Crippen molar-refractivity contribution in [1.29, 1.82) is 0 Å². The highest BCUT2D eigenvalue weighted by Crippen LogP contribution is 2.38. The SMILES string of the molecule is CCOC(=O)CCCCOc1ccc(-c2c3ccc([nH]3)c(-c3cc[n+](C)cc3)c3nc(c(-c4cc[n+](C)cc4)c4nc(c(-c5cc[n+](C)cc5)c5ccc2[nH]5)C=C4)C=C3)cc1. The molecule has 0 spiro atoms. The minimum Gasteiger partial charge on any atom is -0.494 e. The number of nitrogens with one attached hydrogen (secondary N) is 2. The quantitative estimate of drug-likeness (QED) is 0.0772. The number of unbranched alkanes of at least 4 members (excludes halogenated alkanes) is 1. The molecule has 0 saturated carbocycles. The molecule has 2 N–H and O–H groups in total. The van der Waals surface area contributed by atoms with E-state index in [0.29, 0.717) is 26.1 Å². The molecule has 10 heteroatoms. The molecule has 7 aromatic rings. The van der Waals surface area contributed by atoms with Crippen LogP contribution in [0.3, 0.4) is 0 Å². The van der Waals surface area contributed by atoms with Crippen molar-refractivity contribution >= 4 is 52.3 Å². The Kier molecular flexibility index (Phi) is 10.9. The van der Waals surface area contributed by atoms with Gasteiger partial charge < -0.3 is 19.4 Å². The molecule has 61 heavy (non-hydrogen) atoms. The number of hydrogen-bond donors (Lipinski definition) is 2. The lowest BCUT2D eigenvalue weighted by Gasteiger charge is -2.08. The van der Waals surface area contributed by atoms with E-state index in [4.69, 9.17) is 19.4 Å². The van der Waals surface area contributed by atoms with E-state index in [2.05, 4.69) is 144 Å². The normalized spacial score (nSPS) is 11.9. The Labute approximate surface area is 354 Å². The van der Waals surface area contributed by atoms with Gasteiger partial charge in [0, 0.05) is 87.1 Å². The first kappa shape index (κ1) is 39.0. The summed E-state index contributed by atoms with van der Waals surface area (Å²) in [5, 5.41) is 0. The maximum Gasteiger partial charge on any atom is 0.305 e. The monoisotopic (exact) mass is 806 g/mol. The van der Waals surface area contributed by atoms with Gasteiger partial charge in [-0.25, -0.2) is 23.7 Å². The summed E-state index contributed by atoms with van der Waals surface area (Å²) in [6.45, 7) is 2.74. The third kappa shape index (κ3) is 8.25. The molecule has 2 aliphatic heterocycles. The van der Waals surface area contributed by atoms with Crippen molar-refractivity contribution in [3.63, 3.8) is 0 Å². The number of H-pyrrole nitrogens is 2. The van der Waals surface area contributed by atoms with Gasteiger partial charge in [-0.2, -0.15) is 0 Å². The molecule has 1 aromatic carbocycles. The zero-order valence-electron chi connectivity index (χ0n) is 34.9. The van der Waals surface area contributed by atoms with Gasteiger partial charge in [-0.15, -0.1) is 0 Å². The molecule has 0 fully saturated rings. The molecule has 0 atom stereocenters. The first-order chi connectivity index (χ1) is 29.8. The third-order valence-electron chi connectivity index (χ3n) is 11.0. The average Bonchev–Trinajstić information content (AvgIpc) is 4.12. The Balaban J connectivity index is 1.28. The second-order valence-electron chi connectivity index (χ2n) is 15.4. The number of aryl methyl sites for hydroxylation is 3. The fourth-order valence-corrected chi connectivity index (χ4v) is 7.94. The Morgan fingerprint density at radius 3 is 1.34 bits per heavy atom. The molecule has 0 unspecified atom stereocenters. The predicted octanol–water partition coefficient (Wildman–Crippen LogP) is 8.91. The van der Waals surface area contributed by atoms with Crippen molar-refractivity contribution < 1.29 is 28.0 Å². The van der Waals surface area contributed by atoms with Crippen LogP contribution in [0, 0.1) is 0 Å². The number of ether oxygens (including phenoxy) is 2. The van der Waals surface area contributed by atoms with E-state index < -0.39 is 0 Å². The third-order valence-corrected chi connectivity index (χ3v) is 11.0. The highest BCUT2D eigenvalue weighted by molar-refractivity contribution is 6.00. The molecule has 0 aliphatic carbocycles. The Morgan fingerprint density at radius 2 is 0.902 bits per heavy atom. The predicted molar refractivity (Wildman–Crippen MR) is 240 cm³/mol. The smallest absolute Gasteiger partial charge is 0.305 e. The van der Waals surface area contributed by atoms with Crippen LogP contribution in [0.1, 0.15) is 49.0 Å². The van der Waals surface area contributed by atoms with Crippen LogP contribution in [0.15, 0.2) is 122 Å². The van der Waals surface area contributed by atoms with Crippen molar-refractivity contribution in [2.45, 2.75) is 26.2 Å². The number of nitrogens with zero attached hydrogens (tertiary/aromatic N) is 5. The van der Waals surface area contributed by atoms with Gasteiger partial charge in [0.25, 0.3) is 0 Å². The van der Waals surface area contributed by atoms with E-state index in [0.717, 1.165) is 102 Å². The summed E-state index contributed by atoms with van der Waals surface area (Å²) >= 11 is 0. The van der Waals surface area contributed by atoms with Crippen molar-refractivity contribution in [1.82, 2.24) is 19.9 Å². The van der Waals surface area contributed by atoms with Gasteiger partial charge in [0.15, 0.2) is 37.2 Å². The van der Waals surface area contributed by atoms with Crippen LogP contribution in [0.2, 0.25) is 0 Å². The molecule has 2 aliphatic rings. The van der Waals surface area contributed by atoms with Gasteiger partial charge in [0.2, 0.25) is 0 Å². The minimum atomic E-state index is -0.167. The summed E-state index contributed by atoms with van der Waals surface area (Å²) in [5.41, 5.74) is 15.2. The molecule has 0 saturated heterocycles. The van der Waals surface area contributed by atoms with Crippen LogP contribution in [-0.2, 0) is 30.7 Å². The van der Waals surface area contributed by atoms with Crippen LogP contribution >= 0.6 is 0 Å². The zero-order chi connectivity index (χ0) is 41.9. The summed E-state index contributed by atoms with van der Waals surface area (Å²) in [7, 11) is 6.07. The number of carbonyl (C=O) groups excluding carboxylic acids is 1. The Morgan fingerprint density at radius 1 is 0.508 bits per heavy atom. The molecule has 0 radical (unpaired) electrons. The number of rotatable bonds is 11. The summed E-state index contributed by atoms with van der Waals surface area (Å²) in [4.78, 5) is 30.3. The van der Waals surface area contributed by atoms with E-state index in [-0.39, 0.29) is 5.97 Å². The van der Waals surface area contributed by atoms with Gasteiger partial charge in [0.05, 0.1) is 36.0 Å². The van der Waals surface area contributed by atoms with Gasteiger partial charge in [-0.05, 0) is 103 Å². The lowest BCUT2D eigenvalue weighted by atomic mass is 10.0. The van der Waals surface area contributed by atoms with Crippen LogP contribution < -0.4 is 18.4 Å². The van der Waals surface area contributed by atoms with E-state index in [9.17, 15) is 4.79 Å². The van der Waals surface area contributed by atoms with Crippen molar-refractivity contribution in [3.8, 4) is 50.3 Å². The van der Waals surface area contributed by atoms with E-state index in [1.165, 1.54) is 0 Å². The molecule has 8 bridgehead atoms. The van der Waals surface area contributed by atoms with Gasteiger partial charge in [-0.1, -0.05) is 12.1 Å². The molecular formula is C51H48N7O3+3. The standard InChI is InChI=1S/C51H47N7O3/c1-5-60-47(59)8-6-7-33-61-38-11-9-34(10-12-38)48-39-13-15-41(52-39)49(35-21-27-56(2)28-22-35)43-17-19-45(54-43)51(37-25-31-58(4)32-26-37)46-20-18-44(55-46)50(42-16-14-40(48)53-42)36-23-29-57(3)30-24-36/h9-32H,5-8,33H2,1-4H3,(H,52,53,54,55)/q+2/p+1. The summed E-state index contributed by atoms with van der Waals surface area (Å²) in [6.07, 6.45) is 22.7. The fraction of sp³-hybridized carbons (Fsp3) is 0.176. The second kappa shape index (κ2) is 17.0. The number of fused-ring (bicyclic) bond motifs is 8. The van der Waals surface area contributed by atoms with Gasteiger partial charge in [-0.3, -0.25) is 4.79 Å². The Bertz CT molecular complexity index is 2840. The molecule has 302 valence electrons. The molecular weight excluding hydrogens is 759 g/mol. The average molecular weight is 807 g/mol. The van der Waals surface area contributed by atoms with Crippen molar-refractivity contribution in [2.24, 2.45) is 21.1 Å². The lowest BCUT2D eigenvalue weighted by molar-refractivity contribution is -0.671. The first-order valence-corrected chi connectivity index (χ1v) is 20.7. The maximum absolute atomic E-state index is 11.8. The first-order valence-electron chi connectivity index (χ1n) is 20.7. The topological polar surface area (TPSA) is 105 Å². The number of esters is 1. The lowest BCUT2D eigenvalue weighted by Crippen LogP contribution is -2.25. The Hall–Kier alpha value is -7.46.